The van der Waals surface area contributed by atoms with E-state index in [1.165, 1.54) is 36.7 Å². The number of hydrogen-bond donors (Lipinski definition) is 1. The molecular weight excluding hydrogens is 406 g/mol. The van der Waals surface area contributed by atoms with Gasteiger partial charge in [-0.25, -0.2) is 13.8 Å². The lowest BCUT2D eigenvalue weighted by Crippen LogP contribution is -2.33. The van der Waals surface area contributed by atoms with Crippen LogP contribution >= 0.6 is 0 Å². The molecule has 1 N–H and O–H groups in total. The first-order valence-electron chi connectivity index (χ1n) is 9.08. The fraction of sp³-hybridized carbons (Fsp3) is 0.400. The van der Waals surface area contributed by atoms with Gasteiger partial charge in [-0.05, 0) is 17.7 Å². The van der Waals surface area contributed by atoms with Crippen LogP contribution in [0.15, 0.2) is 36.7 Å². The van der Waals surface area contributed by atoms with Crippen LogP contribution in [0.3, 0.4) is 0 Å². The number of ketones is 1. The van der Waals surface area contributed by atoms with Crippen LogP contribution in [0.5, 0.6) is 5.88 Å². The second-order valence-corrected chi connectivity index (χ2v) is 6.87. The summed E-state index contributed by atoms with van der Waals surface area (Å²) in [6.07, 6.45) is -0.977. The zero-order chi connectivity index (χ0) is 22.3. The summed E-state index contributed by atoms with van der Waals surface area (Å²) in [5.41, 5.74) is 1.37. The Morgan fingerprint density at radius 2 is 1.90 bits per heavy atom. The minimum atomic E-state index is -4.27. The molecule has 1 amide bonds. The smallest absolute Gasteiger partial charge is 0.340 e. The maximum atomic E-state index is 12.8. The average molecular weight is 427 g/mol. The summed E-state index contributed by atoms with van der Waals surface area (Å²) in [6.45, 7) is 2.17. The van der Waals surface area contributed by atoms with Crippen LogP contribution in [0, 0.1) is 5.92 Å². The Labute approximate surface area is 170 Å². The van der Waals surface area contributed by atoms with E-state index in [1.807, 2.05) is 0 Å². The number of ether oxygens (including phenoxy) is 1. The predicted molar refractivity (Wildman–Crippen MR) is 99.6 cm³/mol. The molecule has 0 aliphatic heterocycles. The van der Waals surface area contributed by atoms with E-state index in [4.69, 9.17) is 0 Å². The topological polar surface area (TPSA) is 81.2 Å². The highest BCUT2D eigenvalue weighted by atomic mass is 19.3. The monoisotopic (exact) mass is 427 g/mol. The van der Waals surface area contributed by atoms with Gasteiger partial charge in [0, 0.05) is 48.6 Å². The second-order valence-electron chi connectivity index (χ2n) is 6.87. The van der Waals surface area contributed by atoms with Crippen LogP contribution in [0.25, 0.3) is 0 Å². The molecular formula is C20H21F4N3O3. The van der Waals surface area contributed by atoms with Crippen molar-refractivity contribution in [1.29, 1.82) is 0 Å². The molecule has 2 heterocycles. The SMILES string of the molecule is CC(C)C(=O)Cc1cc(C(=O)NCc2ccc(OCC(F)(F)C(F)F)nc2)ccn1. The van der Waals surface area contributed by atoms with Crippen LogP contribution in [0.2, 0.25) is 0 Å². The number of alkyl halides is 4. The minimum absolute atomic E-state index is 0.0137. The summed E-state index contributed by atoms with van der Waals surface area (Å²) in [5, 5.41) is 2.66. The molecule has 6 nitrogen and oxygen atoms in total. The van der Waals surface area contributed by atoms with Crippen LogP contribution in [0.4, 0.5) is 17.6 Å². The van der Waals surface area contributed by atoms with Gasteiger partial charge in [0.05, 0.1) is 0 Å². The molecule has 2 aromatic rings. The minimum Gasteiger partial charge on any atom is -0.471 e. The van der Waals surface area contributed by atoms with Crippen molar-refractivity contribution in [3.05, 3.63) is 53.5 Å². The molecule has 2 rings (SSSR count). The molecule has 0 fully saturated rings. The third kappa shape index (κ3) is 6.78. The standard InChI is InChI=1S/C20H21F4N3O3/c1-12(2)16(28)8-15-7-14(5-6-25-15)18(29)27-10-13-3-4-17(26-9-13)30-11-20(23,24)19(21)22/h3-7,9,12,19H,8,10-11H2,1-2H3,(H,27,29). The average Bonchev–Trinajstić information content (AvgIpc) is 2.71. The van der Waals surface area contributed by atoms with E-state index in [2.05, 4.69) is 20.0 Å². The molecule has 10 heteroatoms. The number of Topliss-reactive ketones (excluding diaryl/α,β-unsaturated/α-hetero) is 1. The quantitative estimate of drug-likeness (QED) is 0.588. The summed E-state index contributed by atoms with van der Waals surface area (Å²) >= 11 is 0. The lowest BCUT2D eigenvalue weighted by atomic mass is 10.0. The summed E-state index contributed by atoms with van der Waals surface area (Å²) < 4.78 is 54.5. The van der Waals surface area contributed by atoms with Crippen molar-refractivity contribution >= 4 is 11.7 Å². The molecule has 0 spiro atoms. The number of halogens is 4. The normalized spacial score (nSPS) is 11.6. The number of amides is 1. The molecule has 0 saturated heterocycles. The van der Waals surface area contributed by atoms with Crippen molar-refractivity contribution in [2.75, 3.05) is 6.61 Å². The van der Waals surface area contributed by atoms with Gasteiger partial charge in [0.25, 0.3) is 5.91 Å². The molecule has 0 radical (unpaired) electrons. The molecule has 0 aromatic carbocycles. The molecule has 0 aliphatic carbocycles. The molecule has 0 bridgehead atoms. The van der Waals surface area contributed by atoms with E-state index in [0.717, 1.165) is 0 Å². The number of nitrogens with zero attached hydrogens (tertiary/aromatic N) is 2. The first kappa shape index (κ1) is 23.2. The Kier molecular flexibility index (Phi) is 7.85. The van der Waals surface area contributed by atoms with E-state index in [1.54, 1.807) is 13.8 Å². The van der Waals surface area contributed by atoms with Crippen LogP contribution in [-0.4, -0.2) is 40.6 Å². The lowest BCUT2D eigenvalue weighted by Gasteiger charge is -2.15. The highest BCUT2D eigenvalue weighted by molar-refractivity contribution is 5.94. The van der Waals surface area contributed by atoms with Gasteiger partial charge >= 0.3 is 12.3 Å². The Morgan fingerprint density at radius 1 is 1.17 bits per heavy atom. The van der Waals surface area contributed by atoms with Gasteiger partial charge in [-0.15, -0.1) is 0 Å². The van der Waals surface area contributed by atoms with E-state index in [-0.39, 0.29) is 30.5 Å². The van der Waals surface area contributed by atoms with Gasteiger partial charge in [-0.3, -0.25) is 14.6 Å². The fourth-order valence-corrected chi connectivity index (χ4v) is 2.22. The fourth-order valence-electron chi connectivity index (χ4n) is 2.22. The Morgan fingerprint density at radius 3 is 2.50 bits per heavy atom. The molecule has 0 saturated carbocycles. The summed E-state index contributed by atoms with van der Waals surface area (Å²) in [6, 6.07) is 5.75. The van der Waals surface area contributed by atoms with E-state index in [9.17, 15) is 27.2 Å². The van der Waals surface area contributed by atoms with Gasteiger partial charge in [0.15, 0.2) is 6.61 Å². The largest absolute Gasteiger partial charge is 0.471 e. The highest BCUT2D eigenvalue weighted by Gasteiger charge is 2.41. The summed E-state index contributed by atoms with van der Waals surface area (Å²) in [5.74, 6) is -5.02. The molecule has 162 valence electrons. The first-order valence-corrected chi connectivity index (χ1v) is 9.08. The lowest BCUT2D eigenvalue weighted by molar-refractivity contribution is -0.148. The van der Waals surface area contributed by atoms with Crippen molar-refractivity contribution in [1.82, 2.24) is 15.3 Å². The first-order chi connectivity index (χ1) is 14.1. The third-order valence-electron chi connectivity index (χ3n) is 4.06. The van der Waals surface area contributed by atoms with Gasteiger partial charge in [-0.1, -0.05) is 19.9 Å². The van der Waals surface area contributed by atoms with Crippen molar-refractivity contribution in [3.8, 4) is 5.88 Å². The molecule has 30 heavy (non-hydrogen) atoms. The molecule has 0 atom stereocenters. The van der Waals surface area contributed by atoms with Gasteiger partial charge in [0.2, 0.25) is 5.88 Å². The van der Waals surface area contributed by atoms with Crippen molar-refractivity contribution in [2.24, 2.45) is 5.92 Å². The number of nitrogens with one attached hydrogen (secondary N) is 1. The van der Waals surface area contributed by atoms with Crippen LogP contribution in [0.1, 0.15) is 35.5 Å². The second kappa shape index (κ2) is 10.1. The Bertz CT molecular complexity index is 874. The summed E-state index contributed by atoms with van der Waals surface area (Å²) in [7, 11) is 0. The van der Waals surface area contributed by atoms with E-state index in [0.29, 0.717) is 16.8 Å². The van der Waals surface area contributed by atoms with Crippen LogP contribution in [-0.2, 0) is 17.8 Å². The molecule has 2 aromatic heterocycles. The van der Waals surface area contributed by atoms with E-state index < -0.39 is 24.9 Å². The number of pyridine rings is 2. The number of hydrogen-bond acceptors (Lipinski definition) is 5. The van der Waals surface area contributed by atoms with Gasteiger partial charge < -0.3 is 10.1 Å². The predicted octanol–water partition coefficient (Wildman–Crippen LogP) is 3.45. The molecule has 0 unspecified atom stereocenters. The maximum Gasteiger partial charge on any atom is 0.340 e. The third-order valence-corrected chi connectivity index (χ3v) is 4.06. The van der Waals surface area contributed by atoms with Gasteiger partial charge in [0.1, 0.15) is 5.78 Å². The number of aromatic nitrogens is 2. The van der Waals surface area contributed by atoms with Crippen molar-refractivity contribution in [2.45, 2.75) is 39.2 Å². The maximum absolute atomic E-state index is 12.8. The van der Waals surface area contributed by atoms with Crippen molar-refractivity contribution < 1.29 is 31.9 Å². The Balaban J connectivity index is 1.90. The zero-order valence-corrected chi connectivity index (χ0v) is 16.4. The molecule has 0 aliphatic rings. The number of carbonyl (C=O) groups excluding carboxylic acids is 2. The van der Waals surface area contributed by atoms with E-state index >= 15 is 0 Å². The number of carbonyl (C=O) groups is 2. The van der Waals surface area contributed by atoms with Crippen LogP contribution < -0.4 is 10.1 Å². The zero-order valence-electron chi connectivity index (χ0n) is 16.4. The van der Waals surface area contributed by atoms with Crippen molar-refractivity contribution in [3.63, 3.8) is 0 Å². The number of rotatable bonds is 10. The highest BCUT2D eigenvalue weighted by Crippen LogP contribution is 2.23. The Hall–Kier alpha value is -3.04. The van der Waals surface area contributed by atoms with Gasteiger partial charge in [-0.2, -0.15) is 8.78 Å². The summed E-state index contributed by atoms with van der Waals surface area (Å²) in [4.78, 5) is 32.0.